The molecule has 1 fully saturated rings. The monoisotopic (exact) mass is 239 g/mol. The number of rotatable bonds is 6. The molecule has 1 saturated heterocycles. The van der Waals surface area contributed by atoms with Crippen LogP contribution in [0.4, 0.5) is 0 Å². The molecule has 0 radical (unpaired) electrons. The lowest BCUT2D eigenvalue weighted by molar-refractivity contribution is 0.0788. The van der Waals surface area contributed by atoms with Gasteiger partial charge in [0.05, 0.1) is 24.1 Å². The second-order valence-electron chi connectivity index (χ2n) is 4.61. The number of hydrogen-bond acceptors (Lipinski definition) is 4. The summed E-state index contributed by atoms with van der Waals surface area (Å²) in [4.78, 5) is 0. The first kappa shape index (κ1) is 12.5. The predicted octanol–water partition coefficient (Wildman–Crippen LogP) is 1.68. The maximum absolute atomic E-state index is 10.1. The molecule has 2 heterocycles. The molecule has 1 aliphatic heterocycles. The van der Waals surface area contributed by atoms with Crippen LogP contribution in [0.1, 0.15) is 50.8 Å². The molecule has 0 amide bonds. The Kier molecular flexibility index (Phi) is 4.50. The van der Waals surface area contributed by atoms with E-state index in [-0.39, 0.29) is 0 Å². The largest absolute Gasteiger partial charge is 0.387 e. The lowest BCUT2D eigenvalue weighted by atomic mass is 10.1. The summed E-state index contributed by atoms with van der Waals surface area (Å²) in [5.41, 5.74) is 0.824. The Labute approximate surface area is 102 Å². The van der Waals surface area contributed by atoms with Crippen molar-refractivity contribution < 1.29 is 9.84 Å². The van der Waals surface area contributed by atoms with Crippen LogP contribution in [0.3, 0.4) is 0 Å². The molecule has 96 valence electrons. The second kappa shape index (κ2) is 6.12. The van der Waals surface area contributed by atoms with E-state index in [2.05, 4.69) is 17.2 Å². The molecule has 0 aliphatic carbocycles. The maximum atomic E-state index is 10.1. The van der Waals surface area contributed by atoms with E-state index in [4.69, 9.17) is 4.74 Å². The smallest absolute Gasteiger partial charge is 0.0974 e. The fourth-order valence-electron chi connectivity index (χ4n) is 2.27. The van der Waals surface area contributed by atoms with Crippen molar-refractivity contribution in [2.24, 2.45) is 0 Å². The molecule has 5 nitrogen and oxygen atoms in total. The highest BCUT2D eigenvalue weighted by molar-refractivity contribution is 4.99. The molecule has 17 heavy (non-hydrogen) atoms. The molecule has 1 aromatic heterocycles. The van der Waals surface area contributed by atoms with E-state index in [1.807, 2.05) is 0 Å². The van der Waals surface area contributed by atoms with Gasteiger partial charge in [-0.15, -0.1) is 5.10 Å². The number of aromatic nitrogens is 3. The summed E-state index contributed by atoms with van der Waals surface area (Å²) in [5, 5.41) is 18.0. The summed E-state index contributed by atoms with van der Waals surface area (Å²) >= 11 is 0. The van der Waals surface area contributed by atoms with E-state index in [9.17, 15) is 5.11 Å². The van der Waals surface area contributed by atoms with Gasteiger partial charge in [-0.25, -0.2) is 4.68 Å². The molecule has 0 bridgehead atoms. The van der Waals surface area contributed by atoms with Crippen LogP contribution in [0.2, 0.25) is 0 Å². The Morgan fingerprint density at radius 2 is 2.53 bits per heavy atom. The van der Waals surface area contributed by atoms with Gasteiger partial charge in [-0.2, -0.15) is 0 Å². The van der Waals surface area contributed by atoms with Gasteiger partial charge in [-0.1, -0.05) is 12.1 Å². The summed E-state index contributed by atoms with van der Waals surface area (Å²) in [6.45, 7) is 3.77. The highest BCUT2D eigenvalue weighted by Gasteiger charge is 2.19. The van der Waals surface area contributed by atoms with E-state index in [1.165, 1.54) is 0 Å². The van der Waals surface area contributed by atoms with Crippen molar-refractivity contribution in [2.45, 2.75) is 57.8 Å². The van der Waals surface area contributed by atoms with Gasteiger partial charge in [0.1, 0.15) is 0 Å². The van der Waals surface area contributed by atoms with Crippen LogP contribution in [0.15, 0.2) is 6.20 Å². The summed E-state index contributed by atoms with van der Waals surface area (Å²) in [6.07, 6.45) is 6.43. The van der Waals surface area contributed by atoms with Gasteiger partial charge in [-0.3, -0.25) is 0 Å². The summed E-state index contributed by atoms with van der Waals surface area (Å²) in [7, 11) is 0. The second-order valence-corrected chi connectivity index (χ2v) is 4.61. The highest BCUT2D eigenvalue weighted by atomic mass is 16.5. The number of aryl methyl sites for hydroxylation is 1. The molecule has 1 aliphatic rings. The Morgan fingerprint density at radius 1 is 1.65 bits per heavy atom. The van der Waals surface area contributed by atoms with Crippen molar-refractivity contribution in [2.75, 3.05) is 6.61 Å². The molecule has 1 N–H and O–H groups in total. The molecule has 0 spiro atoms. The van der Waals surface area contributed by atoms with Crippen LogP contribution in [0.5, 0.6) is 0 Å². The Balaban J connectivity index is 1.85. The number of ether oxygens (including phenoxy) is 1. The standard InChI is InChI=1S/C12H21N3O2/c1-2-7-15-11(9-13-14-15)12(16)6-5-10-4-3-8-17-10/h9-10,12,16H,2-8H2,1H3. The van der Waals surface area contributed by atoms with Gasteiger partial charge in [0, 0.05) is 13.2 Å². The van der Waals surface area contributed by atoms with Crippen molar-refractivity contribution in [3.05, 3.63) is 11.9 Å². The van der Waals surface area contributed by atoms with Gasteiger partial charge < -0.3 is 9.84 Å². The topological polar surface area (TPSA) is 60.2 Å². The third kappa shape index (κ3) is 3.26. The first-order valence-electron chi connectivity index (χ1n) is 6.49. The highest BCUT2D eigenvalue weighted by Crippen LogP contribution is 2.23. The van der Waals surface area contributed by atoms with Crippen LogP contribution >= 0.6 is 0 Å². The SMILES string of the molecule is CCCn1nncc1C(O)CCC1CCCO1. The molecule has 5 heteroatoms. The van der Waals surface area contributed by atoms with Crippen molar-refractivity contribution in [3.8, 4) is 0 Å². The van der Waals surface area contributed by atoms with Crippen LogP contribution in [-0.4, -0.2) is 32.8 Å². The van der Waals surface area contributed by atoms with Crippen LogP contribution in [-0.2, 0) is 11.3 Å². The maximum Gasteiger partial charge on any atom is 0.0974 e. The molecular weight excluding hydrogens is 218 g/mol. The first-order chi connectivity index (χ1) is 8.31. The number of hydrogen-bond donors (Lipinski definition) is 1. The van der Waals surface area contributed by atoms with E-state index in [0.717, 1.165) is 50.9 Å². The normalized spacial score (nSPS) is 21.9. The quantitative estimate of drug-likeness (QED) is 0.820. The third-order valence-electron chi connectivity index (χ3n) is 3.21. The van der Waals surface area contributed by atoms with E-state index in [0.29, 0.717) is 6.10 Å². The molecular formula is C12H21N3O2. The minimum Gasteiger partial charge on any atom is -0.387 e. The number of nitrogens with zero attached hydrogens (tertiary/aromatic N) is 3. The van der Waals surface area contributed by atoms with Gasteiger partial charge in [0.15, 0.2) is 0 Å². The average Bonchev–Trinajstić information content (AvgIpc) is 2.97. The third-order valence-corrected chi connectivity index (χ3v) is 3.21. The number of aliphatic hydroxyl groups excluding tert-OH is 1. The van der Waals surface area contributed by atoms with Crippen molar-refractivity contribution >= 4 is 0 Å². The van der Waals surface area contributed by atoms with Crippen molar-refractivity contribution in [1.82, 2.24) is 15.0 Å². The summed E-state index contributed by atoms with van der Waals surface area (Å²) in [6, 6.07) is 0. The van der Waals surface area contributed by atoms with Crippen LogP contribution in [0, 0.1) is 0 Å². The van der Waals surface area contributed by atoms with Gasteiger partial charge in [0.25, 0.3) is 0 Å². The zero-order chi connectivity index (χ0) is 12.1. The van der Waals surface area contributed by atoms with Crippen LogP contribution in [0.25, 0.3) is 0 Å². The fourth-order valence-corrected chi connectivity index (χ4v) is 2.27. The summed E-state index contributed by atoms with van der Waals surface area (Å²) < 4.78 is 7.34. The van der Waals surface area contributed by atoms with Gasteiger partial charge in [0.2, 0.25) is 0 Å². The minimum atomic E-state index is -0.472. The molecule has 0 aromatic carbocycles. The van der Waals surface area contributed by atoms with Gasteiger partial charge >= 0.3 is 0 Å². The molecule has 2 atom stereocenters. The van der Waals surface area contributed by atoms with Crippen molar-refractivity contribution in [3.63, 3.8) is 0 Å². The number of aliphatic hydroxyl groups is 1. The first-order valence-corrected chi connectivity index (χ1v) is 6.49. The van der Waals surface area contributed by atoms with Crippen molar-refractivity contribution in [1.29, 1.82) is 0 Å². The van der Waals surface area contributed by atoms with E-state index < -0.39 is 6.10 Å². The van der Waals surface area contributed by atoms with Gasteiger partial charge in [-0.05, 0) is 32.1 Å². The molecule has 2 rings (SSSR count). The minimum absolute atomic E-state index is 0.333. The molecule has 1 aromatic rings. The lowest BCUT2D eigenvalue weighted by Gasteiger charge is -2.14. The fraction of sp³-hybridized carbons (Fsp3) is 0.833. The predicted molar refractivity (Wildman–Crippen MR) is 63.5 cm³/mol. The Hall–Kier alpha value is -0.940. The zero-order valence-corrected chi connectivity index (χ0v) is 10.4. The Morgan fingerprint density at radius 3 is 3.24 bits per heavy atom. The zero-order valence-electron chi connectivity index (χ0n) is 10.4. The lowest BCUT2D eigenvalue weighted by Crippen LogP contribution is -2.12. The molecule has 0 saturated carbocycles. The Bertz CT molecular complexity index is 334. The van der Waals surface area contributed by atoms with Crippen LogP contribution < -0.4 is 0 Å². The van der Waals surface area contributed by atoms with E-state index in [1.54, 1.807) is 10.9 Å². The average molecular weight is 239 g/mol. The molecule has 2 unspecified atom stereocenters. The van der Waals surface area contributed by atoms with E-state index >= 15 is 0 Å². The summed E-state index contributed by atoms with van der Waals surface area (Å²) in [5.74, 6) is 0.